The summed E-state index contributed by atoms with van der Waals surface area (Å²) in [7, 11) is -4.13. The number of halogens is 3. The van der Waals surface area contributed by atoms with Crippen molar-refractivity contribution in [2.24, 2.45) is 5.92 Å². The number of hydrogen-bond acceptors (Lipinski definition) is 14. The zero-order valence-corrected chi connectivity index (χ0v) is 41.2. The molecule has 0 bridgehead atoms. The first-order valence-corrected chi connectivity index (χ1v) is 26.0. The number of pyridine rings is 1. The van der Waals surface area contributed by atoms with Crippen molar-refractivity contribution in [3.8, 4) is 33.5 Å². The number of aromatic nitrogens is 2. The number of benzene rings is 1. The zero-order chi connectivity index (χ0) is 50.2. The van der Waals surface area contributed by atoms with Gasteiger partial charge in [-0.05, 0) is 96.9 Å². The molecule has 8 rings (SSSR count). The average molecular weight is 1020 g/mol. The van der Waals surface area contributed by atoms with Gasteiger partial charge in [0.1, 0.15) is 45.9 Å². The van der Waals surface area contributed by atoms with E-state index in [4.69, 9.17) is 28.7 Å². The summed E-state index contributed by atoms with van der Waals surface area (Å²) in [5.41, 5.74) is -2.99. The van der Waals surface area contributed by atoms with Gasteiger partial charge in [0, 0.05) is 54.6 Å². The Hall–Kier alpha value is -5.32. The number of fused-ring (bicyclic) bond motifs is 2. The number of thiazole rings is 1. The molecule has 22 heteroatoms. The number of amides is 4. The van der Waals surface area contributed by atoms with Crippen LogP contribution < -0.4 is 24.8 Å². The van der Waals surface area contributed by atoms with Crippen molar-refractivity contribution in [3.05, 3.63) is 60.1 Å². The molecule has 2 saturated heterocycles. The van der Waals surface area contributed by atoms with Crippen LogP contribution in [0.15, 0.2) is 60.1 Å². The third kappa shape index (κ3) is 10.9. The molecule has 380 valence electrons. The van der Waals surface area contributed by atoms with E-state index >= 15 is 4.79 Å². The van der Waals surface area contributed by atoms with Crippen molar-refractivity contribution in [3.63, 3.8) is 0 Å². The van der Waals surface area contributed by atoms with Crippen molar-refractivity contribution in [1.29, 1.82) is 0 Å². The van der Waals surface area contributed by atoms with Crippen molar-refractivity contribution < 1.29 is 64.5 Å². The Bertz CT molecular complexity index is 2550. The Labute approximate surface area is 408 Å². The summed E-state index contributed by atoms with van der Waals surface area (Å²) in [6.07, 6.45) is -3.17. The van der Waals surface area contributed by atoms with E-state index in [2.05, 4.69) is 20.3 Å². The van der Waals surface area contributed by atoms with Gasteiger partial charge in [0.25, 0.3) is 5.91 Å². The van der Waals surface area contributed by atoms with E-state index in [-0.39, 0.29) is 44.9 Å². The molecule has 3 N–H and O–H groups in total. The zero-order valence-electron chi connectivity index (χ0n) is 39.6. The van der Waals surface area contributed by atoms with Crippen molar-refractivity contribution in [2.75, 3.05) is 19.8 Å². The molecule has 0 spiro atoms. The molecule has 2 aromatic heterocycles. The fourth-order valence-electron chi connectivity index (χ4n) is 9.12. The van der Waals surface area contributed by atoms with Gasteiger partial charge in [-0.15, -0.1) is 11.3 Å². The van der Waals surface area contributed by atoms with Gasteiger partial charge in [-0.3, -0.25) is 19.1 Å². The molecule has 1 aromatic carbocycles. The van der Waals surface area contributed by atoms with Gasteiger partial charge in [0.2, 0.25) is 27.4 Å². The maximum atomic E-state index is 15.2. The number of allylic oxidation sites excluding steroid dienone is 1. The van der Waals surface area contributed by atoms with Crippen LogP contribution >= 0.6 is 11.3 Å². The first-order chi connectivity index (χ1) is 33.1. The van der Waals surface area contributed by atoms with E-state index in [1.54, 1.807) is 49.7 Å². The molecule has 2 saturated carbocycles. The van der Waals surface area contributed by atoms with Gasteiger partial charge >= 0.3 is 12.3 Å². The second-order valence-corrected chi connectivity index (χ2v) is 22.4. The average Bonchev–Trinajstić information content (AvgIpc) is 4.06. The summed E-state index contributed by atoms with van der Waals surface area (Å²) >= 11 is 1.35. The van der Waals surface area contributed by atoms with Gasteiger partial charge in [-0.25, -0.2) is 23.2 Å². The number of ether oxygens (including phenoxy) is 5. The molecule has 2 aliphatic carbocycles. The molecule has 3 aromatic rings. The maximum Gasteiger partial charge on any atom is 0.430 e. The minimum Gasteiger partial charge on any atom is -0.491 e. The van der Waals surface area contributed by atoms with E-state index in [1.165, 1.54) is 18.3 Å². The standard InChI is InChI=1S/C48H59F3N6O11S2/c1-6-38-39(54-44(61)68-46(48(49,50)51)16-9-20-64-27-46)42(59)57-26-34(67-33-22-35(53-36(23-33)41-52-19-21-69-41)30-12-14-32(15-13-30)65-28(2)3)24-37(57)40(58)55-47(25-31(47)11-8-7-10-29(4)66-38)43(60)56-70(62,63)45(5)17-18-45/h8,11-15,19,21-23,28-29,31,34,37-39H,6-7,9-10,16-18,20,24-27H2,1-5H3,(H,54,61)(H,55,58)(H,56,60)/b11-8-/t29-,31-,34-,37+,38+,39+,46?,47-/m1/s1. The van der Waals surface area contributed by atoms with Crippen LogP contribution in [0, 0.1) is 5.92 Å². The van der Waals surface area contributed by atoms with Gasteiger partial charge in [-0.2, -0.15) is 13.2 Å². The maximum absolute atomic E-state index is 15.2. The predicted molar refractivity (Wildman–Crippen MR) is 250 cm³/mol. The fraction of sp³-hybridized carbons (Fsp3) is 0.583. The minimum absolute atomic E-state index is 0.0385. The Balaban J connectivity index is 1.15. The summed E-state index contributed by atoms with van der Waals surface area (Å²) in [6.45, 7) is 7.62. The van der Waals surface area contributed by atoms with Gasteiger partial charge in [0.05, 0.1) is 41.9 Å². The van der Waals surface area contributed by atoms with Crippen molar-refractivity contribution in [1.82, 2.24) is 30.2 Å². The molecule has 3 aliphatic heterocycles. The van der Waals surface area contributed by atoms with E-state index in [1.807, 2.05) is 38.1 Å². The Morgan fingerprint density at radius 2 is 1.83 bits per heavy atom. The molecular weight excluding hydrogens is 958 g/mol. The lowest BCUT2D eigenvalue weighted by molar-refractivity contribution is -0.285. The molecular formula is C48H59F3N6O11S2. The summed E-state index contributed by atoms with van der Waals surface area (Å²) < 4.78 is 101. The Morgan fingerprint density at radius 1 is 1.09 bits per heavy atom. The highest BCUT2D eigenvalue weighted by Gasteiger charge is 2.64. The lowest BCUT2D eigenvalue weighted by atomic mass is 9.96. The largest absolute Gasteiger partial charge is 0.491 e. The summed E-state index contributed by atoms with van der Waals surface area (Å²) in [4.78, 5) is 68.5. The number of rotatable bonds is 12. The Kier molecular flexibility index (Phi) is 14.6. The molecule has 17 nitrogen and oxygen atoms in total. The molecule has 5 aliphatic rings. The minimum atomic E-state index is -5.02. The third-order valence-corrected chi connectivity index (χ3v) is 16.5. The Morgan fingerprint density at radius 3 is 2.47 bits per heavy atom. The number of nitrogens with one attached hydrogen (secondary N) is 3. The van der Waals surface area contributed by atoms with E-state index in [0.717, 1.165) is 10.5 Å². The molecule has 4 amide bonds. The third-order valence-electron chi connectivity index (χ3n) is 13.6. The number of hydrogen-bond donors (Lipinski definition) is 3. The quantitative estimate of drug-likeness (QED) is 0.163. The molecule has 4 fully saturated rings. The van der Waals surface area contributed by atoms with E-state index in [9.17, 15) is 36.0 Å². The topological polar surface area (TPSA) is 214 Å². The summed E-state index contributed by atoms with van der Waals surface area (Å²) in [5, 5.41) is 7.60. The SMILES string of the molecule is CC[C@@H]1O[C@H](C)CC/C=C\[C@@H]2C[C@@]2(C(=O)NS(=O)(=O)C2(C)CC2)NC(=O)[C@@H]2C[C@@H](Oc3cc(-c4ccc(OC(C)C)cc4)nc(-c4nccs4)c3)CN2C(=O)[C@H]1NC(=O)OC1(C(F)(F)F)CCCOC1. The van der Waals surface area contributed by atoms with Crippen LogP contribution in [0.2, 0.25) is 0 Å². The number of carbonyl (C=O) groups excluding carboxylic acids is 4. The number of sulfonamides is 1. The second-order valence-electron chi connectivity index (χ2n) is 19.3. The second kappa shape index (κ2) is 20.1. The fourth-order valence-corrected chi connectivity index (χ4v) is 11.0. The van der Waals surface area contributed by atoms with Gasteiger partial charge in [0.15, 0.2) is 0 Å². The van der Waals surface area contributed by atoms with Crippen LogP contribution in [0.4, 0.5) is 18.0 Å². The highest BCUT2D eigenvalue weighted by molar-refractivity contribution is 7.91. The van der Waals surface area contributed by atoms with Crippen LogP contribution in [0.25, 0.3) is 22.0 Å². The van der Waals surface area contributed by atoms with E-state index in [0.29, 0.717) is 53.6 Å². The number of carbonyl (C=O) groups is 4. The summed E-state index contributed by atoms with van der Waals surface area (Å²) in [6, 6.07) is 7.59. The molecule has 0 radical (unpaired) electrons. The number of nitrogens with zero attached hydrogens (tertiary/aromatic N) is 3. The summed E-state index contributed by atoms with van der Waals surface area (Å²) in [5.74, 6) is -2.29. The lowest BCUT2D eigenvalue weighted by Crippen LogP contribution is -2.62. The smallest absolute Gasteiger partial charge is 0.430 e. The highest BCUT2D eigenvalue weighted by atomic mass is 32.2. The van der Waals surface area contributed by atoms with Crippen LogP contribution in [-0.4, -0.2) is 125 Å². The lowest BCUT2D eigenvalue weighted by Gasteiger charge is -2.38. The van der Waals surface area contributed by atoms with Crippen LogP contribution in [0.5, 0.6) is 11.5 Å². The first kappa shape index (κ1) is 51.0. The monoisotopic (exact) mass is 1020 g/mol. The van der Waals surface area contributed by atoms with Gasteiger partial charge in [-0.1, -0.05) is 19.1 Å². The first-order valence-electron chi connectivity index (χ1n) is 23.7. The highest BCUT2D eigenvalue weighted by Crippen LogP contribution is 2.48. The number of alkyl halides is 3. The predicted octanol–water partition coefficient (Wildman–Crippen LogP) is 6.62. The van der Waals surface area contributed by atoms with Gasteiger partial charge < -0.3 is 39.2 Å². The van der Waals surface area contributed by atoms with Crippen molar-refractivity contribution >= 4 is 45.2 Å². The van der Waals surface area contributed by atoms with Crippen LogP contribution in [0.1, 0.15) is 92.4 Å². The molecule has 1 unspecified atom stereocenters. The molecule has 5 heterocycles. The molecule has 70 heavy (non-hydrogen) atoms. The number of alkyl carbamates (subject to hydrolysis) is 1. The van der Waals surface area contributed by atoms with Crippen LogP contribution in [0.3, 0.4) is 0 Å². The molecule has 8 atom stereocenters. The normalized spacial score (nSPS) is 29.6. The van der Waals surface area contributed by atoms with Crippen LogP contribution in [-0.2, 0) is 38.6 Å². The van der Waals surface area contributed by atoms with E-state index < -0.39 is 105 Å². The van der Waals surface area contributed by atoms with Crippen molar-refractivity contribution in [2.45, 2.75) is 151 Å².